The van der Waals surface area contributed by atoms with Crippen LogP contribution in [0.5, 0.6) is 11.5 Å². The number of hydrogen-bond donors (Lipinski definition) is 2. The number of ether oxygens (including phenoxy) is 3. The molecule has 3 aromatic carbocycles. The molecule has 2 N–H and O–H groups in total. The molecule has 60 heavy (non-hydrogen) atoms. The highest BCUT2D eigenvalue weighted by Crippen LogP contribution is 2.59. The van der Waals surface area contributed by atoms with Crippen molar-refractivity contribution < 1.29 is 34.0 Å². The fraction of sp³-hybridized carbons (Fsp3) is 0.529. The largest absolute Gasteiger partial charge is 0.497 e. The number of aliphatic hydroxyl groups is 2. The maximum Gasteiger partial charge on any atom is 0.410 e. The number of ketones is 1. The van der Waals surface area contributed by atoms with E-state index in [2.05, 4.69) is 52.8 Å². The fourth-order valence-corrected chi connectivity index (χ4v) is 11.6. The SMILES string of the molecule is COc1ccc(CN(CC2(O)CCC3c4ccc(cc4C(=O)c4cc5ccccc5s4)CC(O)CCC(C)=CCCC32C)C(=O)OC2CC(C)CCC2C(C)C)c(OC)c1. The molecule has 7 atom stereocenters. The number of benzene rings is 3. The molecule has 1 aromatic heterocycles. The highest BCUT2D eigenvalue weighted by atomic mass is 32.1. The molecule has 0 spiro atoms. The second-order valence-corrected chi connectivity index (χ2v) is 19.8. The number of allylic oxidation sites excluding steroid dienone is 2. The van der Waals surface area contributed by atoms with Crippen molar-refractivity contribution in [3.8, 4) is 11.5 Å². The van der Waals surface area contributed by atoms with Crippen LogP contribution in [0.4, 0.5) is 4.79 Å². The summed E-state index contributed by atoms with van der Waals surface area (Å²) in [5.74, 6) is 2.08. The topological polar surface area (TPSA) is 106 Å². The quantitative estimate of drug-likeness (QED) is 0.121. The summed E-state index contributed by atoms with van der Waals surface area (Å²) in [5.41, 5.74) is 2.37. The van der Waals surface area contributed by atoms with Crippen molar-refractivity contribution in [3.05, 3.63) is 106 Å². The standard InChI is InChI=1S/C51H65NO7S/c1-32(2)40-20-15-34(4)25-45(40)59-49(55)52(30-37-17-19-39(57-6)29-44(37)58-7)31-51(56)24-22-43-41-21-16-35(26-38(53)18-14-33(3)11-10-23-50(43,51)5)27-42(41)48(54)47-28-36-12-8-9-13-46(36)60-47/h8-9,11-13,16-17,19,21,27-29,32,34,38,40,43,45,53,56H,10,14-15,18,20,22-26,30-31H2,1-7H3. The van der Waals surface area contributed by atoms with Gasteiger partial charge in [0.25, 0.3) is 0 Å². The van der Waals surface area contributed by atoms with Gasteiger partial charge in [-0.1, -0.05) is 76.1 Å². The summed E-state index contributed by atoms with van der Waals surface area (Å²) in [6, 6.07) is 21.8. The number of rotatable bonds is 10. The van der Waals surface area contributed by atoms with E-state index < -0.39 is 23.2 Å². The van der Waals surface area contributed by atoms with Gasteiger partial charge >= 0.3 is 6.09 Å². The number of aliphatic hydroxyl groups excluding tert-OH is 1. The zero-order valence-electron chi connectivity index (χ0n) is 36.7. The summed E-state index contributed by atoms with van der Waals surface area (Å²) in [4.78, 5) is 31.9. The second-order valence-electron chi connectivity index (χ2n) is 18.7. The van der Waals surface area contributed by atoms with Gasteiger partial charge in [-0.3, -0.25) is 4.79 Å². The van der Waals surface area contributed by atoms with Crippen molar-refractivity contribution in [3.63, 3.8) is 0 Å². The average molecular weight is 836 g/mol. The molecular formula is C51H65NO7S. The van der Waals surface area contributed by atoms with Crippen molar-refractivity contribution in [1.82, 2.24) is 4.90 Å². The summed E-state index contributed by atoms with van der Waals surface area (Å²) < 4.78 is 18.9. The monoisotopic (exact) mass is 835 g/mol. The summed E-state index contributed by atoms with van der Waals surface area (Å²) in [5, 5.41) is 25.6. The molecule has 0 saturated heterocycles. The lowest BCUT2D eigenvalue weighted by Gasteiger charge is -2.46. The van der Waals surface area contributed by atoms with Gasteiger partial charge in [0.05, 0.1) is 43.9 Å². The lowest BCUT2D eigenvalue weighted by Crippen LogP contribution is -2.54. The van der Waals surface area contributed by atoms with Crippen LogP contribution < -0.4 is 9.47 Å². The number of fused-ring (bicyclic) bond motifs is 9. The first kappa shape index (κ1) is 43.9. The van der Waals surface area contributed by atoms with Gasteiger partial charge in [0.2, 0.25) is 5.78 Å². The first-order valence-electron chi connectivity index (χ1n) is 22.1. The molecule has 7 unspecified atom stereocenters. The number of carbonyl (C=O) groups is 2. The van der Waals surface area contributed by atoms with Gasteiger partial charge in [0.15, 0.2) is 0 Å². The predicted molar refractivity (Wildman–Crippen MR) is 240 cm³/mol. The van der Waals surface area contributed by atoms with Crippen LogP contribution in [-0.2, 0) is 17.7 Å². The Morgan fingerprint density at radius 2 is 1.77 bits per heavy atom. The van der Waals surface area contributed by atoms with Gasteiger partial charge in [-0.15, -0.1) is 11.3 Å². The molecule has 2 fully saturated rings. The van der Waals surface area contributed by atoms with Crippen LogP contribution in [0.2, 0.25) is 0 Å². The minimum absolute atomic E-state index is 0.0404. The molecule has 1 amide bonds. The number of nitrogens with zero attached hydrogens (tertiary/aromatic N) is 1. The van der Waals surface area contributed by atoms with Crippen LogP contribution in [0.1, 0.15) is 130 Å². The van der Waals surface area contributed by atoms with E-state index in [4.69, 9.17) is 14.2 Å². The zero-order valence-corrected chi connectivity index (χ0v) is 37.5. The van der Waals surface area contributed by atoms with Crippen LogP contribution in [0, 0.1) is 23.2 Å². The third kappa shape index (κ3) is 9.19. The Bertz CT molecular complexity index is 2160. The molecule has 4 aliphatic carbocycles. The smallest absolute Gasteiger partial charge is 0.410 e. The Morgan fingerprint density at radius 3 is 2.52 bits per heavy atom. The number of methoxy groups -OCH3 is 2. The van der Waals surface area contributed by atoms with E-state index in [1.54, 1.807) is 19.1 Å². The Labute approximate surface area is 360 Å². The zero-order chi connectivity index (χ0) is 42.8. The van der Waals surface area contributed by atoms with Crippen molar-refractivity contribution in [2.75, 3.05) is 20.8 Å². The first-order valence-corrected chi connectivity index (χ1v) is 22.9. The summed E-state index contributed by atoms with van der Waals surface area (Å²) in [6.45, 7) is 11.2. The van der Waals surface area contributed by atoms with E-state index in [-0.39, 0.29) is 36.8 Å². The Kier molecular flexibility index (Phi) is 13.5. The lowest BCUT2D eigenvalue weighted by atomic mass is 9.64. The van der Waals surface area contributed by atoms with E-state index in [0.29, 0.717) is 72.3 Å². The molecule has 4 aromatic rings. The van der Waals surface area contributed by atoms with Gasteiger partial charge in [0, 0.05) is 27.3 Å². The molecule has 2 saturated carbocycles. The summed E-state index contributed by atoms with van der Waals surface area (Å²) >= 11 is 1.50. The van der Waals surface area contributed by atoms with Crippen LogP contribution in [0.3, 0.4) is 0 Å². The molecular weight excluding hydrogens is 771 g/mol. The van der Waals surface area contributed by atoms with Gasteiger partial charge in [-0.2, -0.15) is 0 Å². The van der Waals surface area contributed by atoms with Crippen LogP contribution in [0.15, 0.2) is 78.4 Å². The molecule has 2 bridgehead atoms. The van der Waals surface area contributed by atoms with Crippen LogP contribution in [-0.4, -0.2) is 65.6 Å². The number of thiophene rings is 1. The Balaban J connectivity index is 1.30. The average Bonchev–Trinajstić information content (AvgIpc) is 3.77. The van der Waals surface area contributed by atoms with Crippen LogP contribution in [0.25, 0.3) is 10.1 Å². The highest BCUT2D eigenvalue weighted by molar-refractivity contribution is 7.21. The van der Waals surface area contributed by atoms with E-state index in [0.717, 1.165) is 52.5 Å². The van der Waals surface area contributed by atoms with Crippen molar-refractivity contribution >= 4 is 33.3 Å². The third-order valence-corrected chi connectivity index (χ3v) is 15.5. The number of amides is 1. The van der Waals surface area contributed by atoms with Crippen molar-refractivity contribution in [1.29, 1.82) is 0 Å². The Morgan fingerprint density at radius 1 is 0.967 bits per heavy atom. The highest BCUT2D eigenvalue weighted by Gasteiger charge is 2.58. The van der Waals surface area contributed by atoms with E-state index >= 15 is 0 Å². The molecule has 1 heterocycles. The normalized spacial score (nSPS) is 27.2. The van der Waals surface area contributed by atoms with Crippen LogP contribution >= 0.6 is 11.3 Å². The second kappa shape index (κ2) is 18.4. The van der Waals surface area contributed by atoms with E-state index in [9.17, 15) is 19.8 Å². The summed E-state index contributed by atoms with van der Waals surface area (Å²) in [7, 11) is 3.23. The maximum absolute atomic E-state index is 14.8. The Hall–Kier alpha value is -4.18. The van der Waals surface area contributed by atoms with Gasteiger partial charge in [0.1, 0.15) is 17.6 Å². The minimum Gasteiger partial charge on any atom is -0.497 e. The molecule has 8 rings (SSSR count). The molecule has 0 aliphatic heterocycles. The molecule has 0 radical (unpaired) electrons. The predicted octanol–water partition coefficient (Wildman–Crippen LogP) is 11.3. The third-order valence-electron chi connectivity index (χ3n) is 14.3. The van der Waals surface area contributed by atoms with Crippen molar-refractivity contribution in [2.45, 2.75) is 129 Å². The first-order chi connectivity index (χ1) is 28.7. The number of carbonyl (C=O) groups excluding carboxylic acids is 2. The fourth-order valence-electron chi connectivity index (χ4n) is 10.6. The van der Waals surface area contributed by atoms with Crippen molar-refractivity contribution in [2.24, 2.45) is 23.2 Å². The van der Waals surface area contributed by atoms with E-state index in [1.807, 2.05) is 54.6 Å². The van der Waals surface area contributed by atoms with Gasteiger partial charge < -0.3 is 29.3 Å². The van der Waals surface area contributed by atoms with E-state index in [1.165, 1.54) is 16.9 Å². The number of hydrogen-bond acceptors (Lipinski definition) is 8. The summed E-state index contributed by atoms with van der Waals surface area (Å²) in [6.07, 6.45) is 8.26. The maximum atomic E-state index is 14.8. The molecule has 322 valence electrons. The van der Waals surface area contributed by atoms with Gasteiger partial charge in [-0.05, 0) is 135 Å². The molecule has 8 nitrogen and oxygen atoms in total. The molecule has 4 aliphatic rings. The minimum atomic E-state index is -1.33. The molecule has 9 heteroatoms. The lowest BCUT2D eigenvalue weighted by molar-refractivity contribution is -0.0877. The van der Waals surface area contributed by atoms with Gasteiger partial charge in [-0.25, -0.2) is 4.79 Å².